The van der Waals surface area contributed by atoms with Crippen molar-refractivity contribution in [1.29, 1.82) is 0 Å². The summed E-state index contributed by atoms with van der Waals surface area (Å²) in [5.41, 5.74) is 14.0. The molecule has 3 aromatic heterocycles. The third kappa shape index (κ3) is 5.20. The number of rotatable bonds is 5. The topological polar surface area (TPSA) is 64.5 Å². The second kappa shape index (κ2) is 12.1. The van der Waals surface area contributed by atoms with Gasteiger partial charge in [0.15, 0.2) is 17.5 Å². The lowest BCUT2D eigenvalue weighted by atomic mass is 9.81. The lowest BCUT2D eigenvalue weighted by Gasteiger charge is -2.22. The van der Waals surface area contributed by atoms with E-state index in [1.807, 2.05) is 79.1 Å². The highest BCUT2D eigenvalue weighted by molar-refractivity contribution is 6.08. The van der Waals surface area contributed by atoms with Gasteiger partial charge >= 0.3 is 0 Å². The van der Waals surface area contributed by atoms with Gasteiger partial charge in [0.05, 0.1) is 11.0 Å². The van der Waals surface area contributed by atoms with Crippen LogP contribution in [0.4, 0.5) is 0 Å². The molecule has 0 radical (unpaired) electrons. The molecule has 0 spiro atoms. The van der Waals surface area contributed by atoms with Crippen molar-refractivity contribution in [3.8, 4) is 67.5 Å². The molecule has 0 saturated heterocycles. The summed E-state index contributed by atoms with van der Waals surface area (Å²) in [6.45, 7) is 4.65. The van der Waals surface area contributed by atoms with Crippen LogP contribution in [0.5, 0.6) is 0 Å². The van der Waals surface area contributed by atoms with Crippen molar-refractivity contribution in [3.05, 3.63) is 175 Å². The summed E-state index contributed by atoms with van der Waals surface area (Å²) in [5.74, 6) is 1.87. The van der Waals surface area contributed by atoms with Crippen molar-refractivity contribution in [2.45, 2.75) is 19.3 Å². The first-order valence-electron chi connectivity index (χ1n) is 17.9. The van der Waals surface area contributed by atoms with E-state index >= 15 is 0 Å². The maximum absolute atomic E-state index is 5.14. The molecule has 0 saturated carbocycles. The minimum absolute atomic E-state index is 0.124. The maximum atomic E-state index is 5.14. The minimum Gasteiger partial charge on any atom is -0.254 e. The molecule has 53 heavy (non-hydrogen) atoms. The molecule has 5 heteroatoms. The number of nitrogens with zero attached hydrogens (tertiary/aromatic N) is 5. The van der Waals surface area contributed by atoms with Crippen LogP contribution in [-0.2, 0) is 5.41 Å². The zero-order chi connectivity index (χ0) is 35.5. The number of hydrogen-bond donors (Lipinski definition) is 0. The molecular formula is C48H33N5. The Balaban J connectivity index is 1.22. The molecule has 0 bridgehead atoms. The highest BCUT2D eigenvalue weighted by Gasteiger charge is 2.35. The van der Waals surface area contributed by atoms with Gasteiger partial charge in [-0.2, -0.15) is 0 Å². The summed E-state index contributed by atoms with van der Waals surface area (Å²) in [7, 11) is 0. The summed E-state index contributed by atoms with van der Waals surface area (Å²) in [4.78, 5) is 24.8. The van der Waals surface area contributed by atoms with Crippen LogP contribution in [0.25, 0.3) is 89.4 Å². The largest absolute Gasteiger partial charge is 0.254 e. The second-order valence-electron chi connectivity index (χ2n) is 14.2. The fraction of sp³-hybridized carbons (Fsp3) is 0.0625. The SMILES string of the molecule is CC1(C)c2ccccc2-c2ccc(-c3cc(-c4nc(-c5ccccc5)nc(-c5ccccc5)n4)cc(-c4ccnc5c4ccc4cccnc45)c3)cc21. The van der Waals surface area contributed by atoms with Crippen molar-refractivity contribution in [2.75, 3.05) is 0 Å². The summed E-state index contributed by atoms with van der Waals surface area (Å²) in [6, 6.07) is 53.1. The molecule has 0 amide bonds. The molecule has 0 atom stereocenters. The number of benzene rings is 6. The Hall–Kier alpha value is -6.85. The van der Waals surface area contributed by atoms with Gasteiger partial charge in [-0.3, -0.25) is 9.97 Å². The molecule has 1 aliphatic rings. The van der Waals surface area contributed by atoms with Gasteiger partial charge in [0, 0.05) is 45.3 Å². The summed E-state index contributed by atoms with van der Waals surface area (Å²) >= 11 is 0. The Morgan fingerprint density at radius 3 is 1.75 bits per heavy atom. The average Bonchev–Trinajstić information content (AvgIpc) is 3.46. The van der Waals surface area contributed by atoms with E-state index in [0.717, 1.165) is 60.8 Å². The molecule has 5 nitrogen and oxygen atoms in total. The van der Waals surface area contributed by atoms with Crippen LogP contribution in [0.3, 0.4) is 0 Å². The Morgan fingerprint density at radius 1 is 0.377 bits per heavy atom. The van der Waals surface area contributed by atoms with Crippen LogP contribution in [-0.4, -0.2) is 24.9 Å². The lowest BCUT2D eigenvalue weighted by molar-refractivity contribution is 0.660. The van der Waals surface area contributed by atoms with Crippen LogP contribution >= 0.6 is 0 Å². The number of fused-ring (bicyclic) bond motifs is 6. The van der Waals surface area contributed by atoms with Gasteiger partial charge in [-0.15, -0.1) is 0 Å². The first kappa shape index (κ1) is 30.9. The van der Waals surface area contributed by atoms with E-state index in [1.54, 1.807) is 0 Å². The Kier molecular flexibility index (Phi) is 7.08. The highest BCUT2D eigenvalue weighted by Crippen LogP contribution is 2.50. The van der Waals surface area contributed by atoms with Crippen molar-refractivity contribution < 1.29 is 0 Å². The molecule has 0 fully saturated rings. The first-order chi connectivity index (χ1) is 26.0. The van der Waals surface area contributed by atoms with Gasteiger partial charge in [0.2, 0.25) is 0 Å². The molecule has 250 valence electrons. The van der Waals surface area contributed by atoms with E-state index < -0.39 is 0 Å². The van der Waals surface area contributed by atoms with Crippen molar-refractivity contribution >= 4 is 21.8 Å². The summed E-state index contributed by atoms with van der Waals surface area (Å²) < 4.78 is 0. The van der Waals surface area contributed by atoms with Crippen LogP contribution < -0.4 is 0 Å². The molecule has 0 unspecified atom stereocenters. The highest BCUT2D eigenvalue weighted by atomic mass is 15.0. The molecule has 6 aromatic carbocycles. The van der Waals surface area contributed by atoms with Crippen molar-refractivity contribution in [1.82, 2.24) is 24.9 Å². The summed E-state index contributed by atoms with van der Waals surface area (Å²) in [6.07, 6.45) is 3.72. The van der Waals surface area contributed by atoms with Gasteiger partial charge in [-0.25, -0.2) is 15.0 Å². The zero-order valence-corrected chi connectivity index (χ0v) is 29.3. The number of hydrogen-bond acceptors (Lipinski definition) is 5. The monoisotopic (exact) mass is 679 g/mol. The molecule has 1 aliphatic carbocycles. The third-order valence-corrected chi connectivity index (χ3v) is 10.6. The smallest absolute Gasteiger partial charge is 0.164 e. The molecule has 0 aliphatic heterocycles. The average molecular weight is 680 g/mol. The lowest BCUT2D eigenvalue weighted by Crippen LogP contribution is -2.14. The summed E-state index contributed by atoms with van der Waals surface area (Å²) in [5, 5.41) is 2.10. The molecule has 3 heterocycles. The fourth-order valence-corrected chi connectivity index (χ4v) is 7.91. The van der Waals surface area contributed by atoms with Crippen LogP contribution in [0, 0.1) is 0 Å². The van der Waals surface area contributed by atoms with Gasteiger partial charge in [-0.1, -0.05) is 129 Å². The van der Waals surface area contributed by atoms with E-state index in [2.05, 4.69) is 98.8 Å². The Morgan fingerprint density at radius 2 is 1.00 bits per heavy atom. The van der Waals surface area contributed by atoms with Gasteiger partial charge in [0.1, 0.15) is 0 Å². The maximum Gasteiger partial charge on any atom is 0.164 e. The van der Waals surface area contributed by atoms with Crippen molar-refractivity contribution in [2.24, 2.45) is 0 Å². The third-order valence-electron chi connectivity index (χ3n) is 10.6. The normalized spacial score (nSPS) is 12.9. The predicted octanol–water partition coefficient (Wildman–Crippen LogP) is 11.6. The number of pyridine rings is 2. The van der Waals surface area contributed by atoms with E-state index in [-0.39, 0.29) is 5.41 Å². The number of aromatic nitrogens is 5. The minimum atomic E-state index is -0.124. The van der Waals surface area contributed by atoms with Crippen LogP contribution in [0.2, 0.25) is 0 Å². The molecule has 0 N–H and O–H groups in total. The van der Waals surface area contributed by atoms with E-state index in [4.69, 9.17) is 24.9 Å². The van der Waals surface area contributed by atoms with E-state index in [1.165, 1.54) is 22.3 Å². The van der Waals surface area contributed by atoms with Crippen LogP contribution in [0.1, 0.15) is 25.0 Å². The van der Waals surface area contributed by atoms with Gasteiger partial charge in [-0.05, 0) is 80.9 Å². The molecule has 9 aromatic rings. The molecular weight excluding hydrogens is 647 g/mol. The van der Waals surface area contributed by atoms with E-state index in [0.29, 0.717) is 17.5 Å². The Bertz CT molecular complexity index is 2810. The van der Waals surface area contributed by atoms with Gasteiger partial charge in [0.25, 0.3) is 0 Å². The first-order valence-corrected chi connectivity index (χ1v) is 17.9. The van der Waals surface area contributed by atoms with Crippen LogP contribution in [0.15, 0.2) is 164 Å². The Labute approximate surface area is 307 Å². The standard InChI is InChI=1S/C48H33N5/c1-48(2)41-18-10-9-17-38(41)39-21-20-33(29-42(39)48)34-26-35(37-23-25-50-44-40(37)22-19-30-16-11-24-49-43(30)44)28-36(27-34)47-52-45(31-12-5-3-6-13-31)51-46(53-47)32-14-7-4-8-15-32/h3-29H,1-2H3. The van der Waals surface area contributed by atoms with E-state index in [9.17, 15) is 0 Å². The fourth-order valence-electron chi connectivity index (χ4n) is 7.91. The van der Waals surface area contributed by atoms with Crippen molar-refractivity contribution in [3.63, 3.8) is 0 Å². The van der Waals surface area contributed by atoms with Gasteiger partial charge < -0.3 is 0 Å². The predicted molar refractivity (Wildman–Crippen MR) is 215 cm³/mol. The molecule has 10 rings (SSSR count). The zero-order valence-electron chi connectivity index (χ0n) is 29.3. The second-order valence-corrected chi connectivity index (χ2v) is 14.2. The quantitative estimate of drug-likeness (QED) is 0.169.